The molecule has 2 aromatic carbocycles. The Kier molecular flexibility index (Phi) is 10.8. The maximum atomic E-state index is 16.5. The lowest BCUT2D eigenvalue weighted by molar-refractivity contribution is -0.134. The SMILES string of the molecule is C=N/C=C(\NCCN(CC)C(=O)C(NC)C(C)C)c1cc(F)c2c(c1)OC(c1ccc(CC)s1)n1c-2cc2cc(B3OC(C)(C)C(C)(C)O3)ccc21. The molecule has 2 aliphatic heterocycles. The Hall–Kier alpha value is -3.97. The van der Waals surface area contributed by atoms with Crippen LogP contribution in [0.25, 0.3) is 27.9 Å². The summed E-state index contributed by atoms with van der Waals surface area (Å²) in [4.78, 5) is 21.3. The van der Waals surface area contributed by atoms with Gasteiger partial charge in [0.2, 0.25) is 12.1 Å². The summed E-state index contributed by atoms with van der Waals surface area (Å²) >= 11 is 1.70. The molecule has 2 N–H and O–H groups in total. The molecule has 0 spiro atoms. The first-order chi connectivity index (χ1) is 24.7. The number of likely N-dealkylation sites (N-methyl/N-ethyl adjacent to an activating group) is 2. The van der Waals surface area contributed by atoms with Crippen LogP contribution in [0.15, 0.2) is 59.7 Å². The van der Waals surface area contributed by atoms with Gasteiger partial charge in [0, 0.05) is 41.7 Å². The highest BCUT2D eigenvalue weighted by Crippen LogP contribution is 2.47. The van der Waals surface area contributed by atoms with E-state index < -0.39 is 30.4 Å². The predicted molar refractivity (Wildman–Crippen MR) is 211 cm³/mol. The number of thiophene rings is 1. The van der Waals surface area contributed by atoms with Crippen molar-refractivity contribution in [2.75, 3.05) is 26.7 Å². The predicted octanol–water partition coefficient (Wildman–Crippen LogP) is 6.99. The average Bonchev–Trinajstić information content (AvgIpc) is 3.79. The largest absolute Gasteiger partial charge is 0.494 e. The van der Waals surface area contributed by atoms with Crippen molar-refractivity contribution >= 4 is 53.1 Å². The number of hydrogen-bond acceptors (Lipinski definition) is 8. The zero-order valence-corrected chi connectivity index (χ0v) is 32.6. The third-order valence-corrected chi connectivity index (χ3v) is 11.9. The summed E-state index contributed by atoms with van der Waals surface area (Å²) in [7, 11) is 1.29. The molecule has 12 heteroatoms. The third kappa shape index (κ3) is 6.93. The van der Waals surface area contributed by atoms with E-state index in [0.717, 1.165) is 33.4 Å². The molecule has 276 valence electrons. The summed E-state index contributed by atoms with van der Waals surface area (Å²) < 4.78 is 38.1. The second-order valence-electron chi connectivity index (χ2n) is 14.8. The normalized spacial score (nSPS) is 18.2. The first-order valence-electron chi connectivity index (χ1n) is 18.2. The molecule has 2 aromatic heterocycles. The van der Waals surface area contributed by atoms with Crippen LogP contribution < -0.4 is 20.8 Å². The zero-order chi connectivity index (χ0) is 37.5. The van der Waals surface area contributed by atoms with Gasteiger partial charge in [0.15, 0.2) is 0 Å². The molecule has 4 aromatic rings. The van der Waals surface area contributed by atoms with E-state index in [4.69, 9.17) is 14.0 Å². The van der Waals surface area contributed by atoms with Gasteiger partial charge >= 0.3 is 7.12 Å². The summed E-state index contributed by atoms with van der Waals surface area (Å²) in [6.07, 6.45) is 1.97. The smallest absolute Gasteiger partial charge is 0.464 e. The van der Waals surface area contributed by atoms with Crippen molar-refractivity contribution in [1.82, 2.24) is 20.1 Å². The number of fused-ring (bicyclic) bond motifs is 5. The lowest BCUT2D eigenvalue weighted by atomic mass is 9.78. The number of carbonyl (C=O) groups excluding carboxylic acids is 1. The fourth-order valence-corrected chi connectivity index (χ4v) is 7.96. The molecule has 2 aliphatic rings. The van der Waals surface area contributed by atoms with Gasteiger partial charge in [0.05, 0.1) is 44.6 Å². The minimum absolute atomic E-state index is 0.0479. The summed E-state index contributed by atoms with van der Waals surface area (Å²) in [6.45, 7) is 21.5. The van der Waals surface area contributed by atoms with E-state index in [2.05, 4.69) is 52.0 Å². The Balaban J connectivity index is 1.36. The number of aromatic nitrogens is 1. The number of amides is 1. The number of nitrogens with zero attached hydrogens (tertiary/aromatic N) is 3. The lowest BCUT2D eigenvalue weighted by Gasteiger charge is -2.32. The highest BCUT2D eigenvalue weighted by atomic mass is 32.1. The molecule has 0 aliphatic carbocycles. The van der Waals surface area contributed by atoms with Gasteiger partial charge < -0.3 is 29.6 Å². The quantitative estimate of drug-likeness (QED) is 0.114. The maximum absolute atomic E-state index is 16.5. The number of aryl methyl sites for hydroxylation is 1. The van der Waals surface area contributed by atoms with Gasteiger partial charge in [-0.3, -0.25) is 14.4 Å². The van der Waals surface area contributed by atoms with Crippen molar-refractivity contribution in [3.63, 3.8) is 0 Å². The number of halogens is 1. The third-order valence-electron chi connectivity index (χ3n) is 10.6. The standard InChI is InChI=1S/C40H51BFN5O4S/c1-11-28-14-16-34(52-28)38-47-31-15-13-27(41-50-39(5,6)40(7,8)51-41)19-26(31)21-32(47)35-29(42)20-25(22-33(35)49-38)30(23-43-9)45-17-18-46(12-2)37(48)36(44-10)24(3)4/h13-16,19-24,36,38,44-45H,9,11-12,17-18H2,1-8,10H3/b30-23-. The van der Waals surface area contributed by atoms with Gasteiger partial charge in [-0.05, 0) is 103 Å². The summed E-state index contributed by atoms with van der Waals surface area (Å²) in [5, 5.41) is 7.45. The summed E-state index contributed by atoms with van der Waals surface area (Å²) in [5.74, 6) is 0.217. The molecule has 52 heavy (non-hydrogen) atoms. The van der Waals surface area contributed by atoms with E-state index in [1.807, 2.05) is 84.7 Å². The molecule has 0 saturated carbocycles. The molecule has 1 amide bonds. The number of benzene rings is 2. The van der Waals surface area contributed by atoms with Crippen molar-refractivity contribution in [3.05, 3.63) is 75.9 Å². The Bertz CT molecular complexity index is 1990. The minimum atomic E-state index is -0.520. The van der Waals surface area contributed by atoms with E-state index >= 15 is 4.39 Å². The number of carbonyl (C=O) groups is 1. The van der Waals surface area contributed by atoms with E-state index in [1.165, 1.54) is 10.9 Å². The van der Waals surface area contributed by atoms with E-state index in [1.54, 1.807) is 17.5 Å². The van der Waals surface area contributed by atoms with Crippen LogP contribution >= 0.6 is 11.3 Å². The number of rotatable bonds is 13. The van der Waals surface area contributed by atoms with Crippen LogP contribution in [-0.2, 0) is 20.5 Å². The number of hydrogen-bond donors (Lipinski definition) is 2. The molecule has 2 atom stereocenters. The van der Waals surface area contributed by atoms with Crippen molar-refractivity contribution in [2.24, 2.45) is 10.9 Å². The Morgan fingerprint density at radius 3 is 2.46 bits per heavy atom. The van der Waals surface area contributed by atoms with E-state index in [-0.39, 0.29) is 17.9 Å². The Morgan fingerprint density at radius 2 is 1.85 bits per heavy atom. The monoisotopic (exact) mass is 727 g/mol. The second kappa shape index (κ2) is 14.8. The number of nitrogens with one attached hydrogen (secondary N) is 2. The van der Waals surface area contributed by atoms with Crippen molar-refractivity contribution in [3.8, 4) is 17.0 Å². The van der Waals surface area contributed by atoms with E-state index in [0.29, 0.717) is 42.2 Å². The fraction of sp³-hybridized carbons (Fsp3) is 0.450. The van der Waals surface area contributed by atoms with Crippen LogP contribution in [0.3, 0.4) is 0 Å². The zero-order valence-electron chi connectivity index (χ0n) is 31.8. The van der Waals surface area contributed by atoms with Crippen LogP contribution in [-0.4, -0.2) is 73.1 Å². The van der Waals surface area contributed by atoms with Crippen molar-refractivity contribution < 1.29 is 23.2 Å². The maximum Gasteiger partial charge on any atom is 0.494 e. The number of ether oxygens (including phenoxy) is 1. The highest BCUT2D eigenvalue weighted by molar-refractivity contribution is 7.12. The molecule has 9 nitrogen and oxygen atoms in total. The molecule has 0 radical (unpaired) electrons. The van der Waals surface area contributed by atoms with Crippen LogP contribution in [0.2, 0.25) is 0 Å². The van der Waals surface area contributed by atoms with Gasteiger partial charge in [-0.2, -0.15) is 0 Å². The van der Waals surface area contributed by atoms with Gasteiger partial charge in [-0.15, -0.1) is 11.3 Å². The fourth-order valence-electron chi connectivity index (χ4n) is 6.98. The first kappa shape index (κ1) is 37.8. The molecule has 1 saturated heterocycles. The molecule has 2 unspecified atom stereocenters. The molecular formula is C40H51BFN5O4S. The van der Waals surface area contributed by atoms with E-state index in [9.17, 15) is 4.79 Å². The summed E-state index contributed by atoms with van der Waals surface area (Å²) in [6, 6.07) is 15.5. The highest BCUT2D eigenvalue weighted by Gasteiger charge is 2.51. The molecule has 0 bridgehead atoms. The first-order valence-corrected chi connectivity index (χ1v) is 19.0. The van der Waals surface area contributed by atoms with Crippen LogP contribution in [0, 0.1) is 11.7 Å². The Labute approximate surface area is 311 Å². The van der Waals surface area contributed by atoms with Crippen LogP contribution in [0.5, 0.6) is 5.75 Å². The summed E-state index contributed by atoms with van der Waals surface area (Å²) in [5.41, 5.74) is 3.15. The van der Waals surface area contributed by atoms with Crippen LogP contribution in [0.1, 0.15) is 76.9 Å². The van der Waals surface area contributed by atoms with Crippen LogP contribution in [0.4, 0.5) is 4.39 Å². The second-order valence-corrected chi connectivity index (χ2v) is 16.0. The van der Waals surface area contributed by atoms with Gasteiger partial charge in [0.1, 0.15) is 11.6 Å². The molecular weight excluding hydrogens is 676 g/mol. The minimum Gasteiger partial charge on any atom is -0.464 e. The van der Waals surface area contributed by atoms with Crippen molar-refractivity contribution in [2.45, 2.75) is 85.3 Å². The molecule has 4 heterocycles. The van der Waals surface area contributed by atoms with Crippen molar-refractivity contribution in [1.29, 1.82) is 0 Å². The topological polar surface area (TPSA) is 89.4 Å². The van der Waals surface area contributed by atoms with Gasteiger partial charge in [-0.1, -0.05) is 32.9 Å². The number of aliphatic imine (C=N–C) groups is 1. The molecule has 6 rings (SSSR count). The molecule has 1 fully saturated rings. The van der Waals surface area contributed by atoms with Gasteiger partial charge in [0.25, 0.3) is 0 Å². The average molecular weight is 728 g/mol. The Morgan fingerprint density at radius 1 is 1.12 bits per heavy atom. The lowest BCUT2D eigenvalue weighted by Crippen LogP contribution is -2.49. The van der Waals surface area contributed by atoms with Gasteiger partial charge in [-0.25, -0.2) is 4.39 Å².